The van der Waals surface area contributed by atoms with Gasteiger partial charge in [-0.25, -0.2) is 0 Å². The summed E-state index contributed by atoms with van der Waals surface area (Å²) in [5.41, 5.74) is 2.51. The molecule has 28 heavy (non-hydrogen) atoms. The second-order valence-corrected chi connectivity index (χ2v) is 7.93. The van der Waals surface area contributed by atoms with Gasteiger partial charge in [0.2, 0.25) is 0 Å². The topological polar surface area (TPSA) is 33.0 Å². The first-order valence-corrected chi connectivity index (χ1v) is 10.7. The van der Waals surface area contributed by atoms with Gasteiger partial charge >= 0.3 is 0 Å². The van der Waals surface area contributed by atoms with Gasteiger partial charge in [0.15, 0.2) is 5.83 Å². The molecular weight excluding hydrogens is 349 g/mol. The van der Waals surface area contributed by atoms with Gasteiger partial charge in [-0.2, -0.15) is 9.65 Å². The van der Waals surface area contributed by atoms with E-state index in [0.29, 0.717) is 5.92 Å². The highest BCUT2D eigenvalue weighted by atomic mass is 19.1. The van der Waals surface area contributed by atoms with Gasteiger partial charge in [0.25, 0.3) is 0 Å². The summed E-state index contributed by atoms with van der Waals surface area (Å²) >= 11 is 0. The Morgan fingerprint density at radius 1 is 1.18 bits per heavy atom. The Morgan fingerprint density at radius 3 is 2.46 bits per heavy atom. The van der Waals surface area contributed by atoms with Crippen molar-refractivity contribution in [2.24, 2.45) is 0 Å². The molecule has 0 aliphatic heterocycles. The third-order valence-electron chi connectivity index (χ3n) is 6.01. The van der Waals surface area contributed by atoms with Gasteiger partial charge in [-0.1, -0.05) is 69.0 Å². The first-order chi connectivity index (χ1) is 13.6. The Labute approximate surface area is 170 Å². The molecule has 0 N–H and O–H groups in total. The van der Waals surface area contributed by atoms with Gasteiger partial charge in [0, 0.05) is 7.11 Å². The van der Waals surface area contributed by atoms with E-state index in [1.165, 1.54) is 61.8 Å². The van der Waals surface area contributed by atoms with Crippen LogP contribution in [0.2, 0.25) is 0 Å². The minimum atomic E-state index is -0.776. The first kappa shape index (κ1) is 22.4. The highest BCUT2D eigenvalue weighted by molar-refractivity contribution is 5.27. The predicted octanol–water partition coefficient (Wildman–Crippen LogP) is 7.18. The molecule has 0 amide bonds. The van der Waals surface area contributed by atoms with Crippen molar-refractivity contribution in [3.8, 4) is 6.07 Å². The molecule has 1 aliphatic rings. The minimum absolute atomic E-state index is 0.346. The molecule has 0 bridgehead atoms. The molecule has 1 saturated carbocycles. The third-order valence-corrected chi connectivity index (χ3v) is 6.01. The van der Waals surface area contributed by atoms with Crippen molar-refractivity contribution in [1.82, 2.24) is 0 Å². The number of ether oxygens (including phenoxy) is 1. The molecule has 0 spiro atoms. The van der Waals surface area contributed by atoms with Gasteiger partial charge < -0.3 is 4.74 Å². The van der Waals surface area contributed by atoms with E-state index in [1.807, 2.05) is 6.08 Å². The molecule has 0 aromatic heterocycles. The lowest BCUT2D eigenvalue weighted by molar-refractivity contribution is -0.00220. The second kappa shape index (κ2) is 11.8. The largest absolute Gasteiger partial charge is 0.374 e. The molecule has 0 heterocycles. The van der Waals surface area contributed by atoms with E-state index in [2.05, 4.69) is 31.2 Å². The maximum Gasteiger partial charge on any atom is 0.199 e. The smallest absolute Gasteiger partial charge is 0.199 e. The van der Waals surface area contributed by atoms with E-state index in [-0.39, 0.29) is 5.60 Å². The van der Waals surface area contributed by atoms with Gasteiger partial charge in [-0.15, -0.1) is 0 Å². The molecule has 0 saturated heterocycles. The van der Waals surface area contributed by atoms with Crippen molar-refractivity contribution in [1.29, 1.82) is 5.26 Å². The number of hydrogen-bond donors (Lipinski definition) is 0. The summed E-state index contributed by atoms with van der Waals surface area (Å²) in [4.78, 5) is 0. The lowest BCUT2D eigenvalue weighted by Crippen LogP contribution is -2.33. The van der Waals surface area contributed by atoms with Crippen LogP contribution in [0, 0.1) is 11.3 Å². The Hall–Kier alpha value is -1.92. The lowest BCUT2D eigenvalue weighted by atomic mass is 9.75. The highest BCUT2D eigenvalue weighted by Gasteiger charge is 2.33. The summed E-state index contributed by atoms with van der Waals surface area (Å²) in [6, 6.07) is 10.7. The second-order valence-electron chi connectivity index (χ2n) is 7.93. The number of benzene rings is 1. The SMILES string of the molecule is CCCCCCCc1ccc([C@H]2CC[C@@](C=CC=C(F)C#N)(OC)CC2)cc1. The van der Waals surface area contributed by atoms with E-state index in [0.717, 1.165) is 25.7 Å². The van der Waals surface area contributed by atoms with Gasteiger partial charge in [0.1, 0.15) is 6.07 Å². The maximum absolute atomic E-state index is 13.0. The molecule has 1 aromatic carbocycles. The number of rotatable bonds is 10. The quantitative estimate of drug-likeness (QED) is 0.244. The molecule has 3 heteroatoms. The molecule has 2 nitrogen and oxygen atoms in total. The van der Waals surface area contributed by atoms with E-state index >= 15 is 0 Å². The number of methoxy groups -OCH3 is 1. The lowest BCUT2D eigenvalue weighted by Gasteiger charge is -2.37. The maximum atomic E-state index is 13.0. The summed E-state index contributed by atoms with van der Waals surface area (Å²) in [7, 11) is 1.71. The van der Waals surface area contributed by atoms with Gasteiger partial charge in [0.05, 0.1) is 5.60 Å². The summed E-state index contributed by atoms with van der Waals surface area (Å²) in [6.07, 6.45) is 16.4. The van der Waals surface area contributed by atoms with Gasteiger partial charge in [-0.05, 0) is 61.6 Å². The third kappa shape index (κ3) is 6.91. The molecule has 0 unspecified atom stereocenters. The monoisotopic (exact) mass is 383 g/mol. The van der Waals surface area contributed by atoms with Gasteiger partial charge in [-0.3, -0.25) is 0 Å². The average molecular weight is 384 g/mol. The standard InChI is InChI=1S/C25H34FNO/c1-3-4-5-6-7-9-21-11-13-22(14-12-21)23-15-18-25(28-2,19-16-23)17-8-10-24(26)20-27/h8,10-14,17,23H,3-7,9,15-16,18-19H2,1-2H3/t23-,25+. The van der Waals surface area contributed by atoms with Crippen LogP contribution in [0.5, 0.6) is 0 Å². The van der Waals surface area contributed by atoms with Crippen LogP contribution in [0.25, 0.3) is 0 Å². The van der Waals surface area contributed by atoms with Crippen LogP contribution in [-0.2, 0) is 11.2 Å². The molecule has 2 rings (SSSR count). The number of aryl methyl sites for hydroxylation is 1. The van der Waals surface area contributed by atoms with Crippen LogP contribution in [-0.4, -0.2) is 12.7 Å². The van der Waals surface area contributed by atoms with Crippen molar-refractivity contribution < 1.29 is 9.13 Å². The molecule has 0 atom stereocenters. The molecule has 1 aromatic rings. The Morgan fingerprint density at radius 2 is 1.86 bits per heavy atom. The van der Waals surface area contributed by atoms with Crippen molar-refractivity contribution in [3.63, 3.8) is 0 Å². The zero-order valence-electron chi connectivity index (χ0n) is 17.4. The number of hydrogen-bond acceptors (Lipinski definition) is 2. The molecular formula is C25H34FNO. The number of nitriles is 1. The van der Waals surface area contributed by atoms with Crippen LogP contribution in [0.4, 0.5) is 4.39 Å². The molecule has 1 fully saturated rings. The van der Waals surface area contributed by atoms with Crippen molar-refractivity contribution in [2.75, 3.05) is 7.11 Å². The Bertz CT molecular complexity index is 675. The van der Waals surface area contributed by atoms with E-state index in [1.54, 1.807) is 13.2 Å². The molecule has 152 valence electrons. The Kier molecular flexibility index (Phi) is 9.44. The summed E-state index contributed by atoms with van der Waals surface area (Å²) in [5.74, 6) is -0.219. The van der Waals surface area contributed by atoms with E-state index < -0.39 is 5.83 Å². The normalized spacial score (nSPS) is 23.1. The fraction of sp³-hybridized carbons (Fsp3) is 0.560. The summed E-state index contributed by atoms with van der Waals surface area (Å²) in [6.45, 7) is 2.25. The zero-order chi connectivity index (χ0) is 20.2. The van der Waals surface area contributed by atoms with Crippen LogP contribution in [0.15, 0.2) is 48.3 Å². The number of allylic oxidation sites excluding steroid dienone is 3. The minimum Gasteiger partial charge on any atom is -0.374 e. The van der Waals surface area contributed by atoms with E-state index in [4.69, 9.17) is 10.00 Å². The zero-order valence-corrected chi connectivity index (χ0v) is 17.4. The molecule has 1 aliphatic carbocycles. The fourth-order valence-corrected chi connectivity index (χ4v) is 4.11. The highest BCUT2D eigenvalue weighted by Crippen LogP contribution is 2.40. The fourth-order valence-electron chi connectivity index (χ4n) is 4.11. The first-order valence-electron chi connectivity index (χ1n) is 10.7. The van der Waals surface area contributed by atoms with Crippen LogP contribution >= 0.6 is 0 Å². The van der Waals surface area contributed by atoms with Crippen molar-refractivity contribution >= 4 is 0 Å². The van der Waals surface area contributed by atoms with Crippen LogP contribution in [0.1, 0.15) is 81.8 Å². The number of nitrogens with zero attached hydrogens (tertiary/aromatic N) is 1. The molecule has 0 radical (unpaired) electrons. The predicted molar refractivity (Wildman–Crippen MR) is 114 cm³/mol. The number of halogens is 1. The van der Waals surface area contributed by atoms with Crippen molar-refractivity contribution in [2.45, 2.75) is 82.7 Å². The number of unbranched alkanes of at least 4 members (excludes halogenated alkanes) is 4. The Balaban J connectivity index is 1.85. The van der Waals surface area contributed by atoms with E-state index in [9.17, 15) is 4.39 Å². The average Bonchev–Trinajstić information content (AvgIpc) is 2.74. The van der Waals surface area contributed by atoms with Crippen molar-refractivity contribution in [3.05, 3.63) is 59.4 Å². The summed E-state index contributed by atoms with van der Waals surface area (Å²) in [5, 5.41) is 8.50. The summed E-state index contributed by atoms with van der Waals surface area (Å²) < 4.78 is 18.7. The van der Waals surface area contributed by atoms with Crippen LogP contribution < -0.4 is 0 Å². The van der Waals surface area contributed by atoms with Crippen LogP contribution in [0.3, 0.4) is 0 Å².